The van der Waals surface area contributed by atoms with Gasteiger partial charge in [0.05, 0.1) is 16.5 Å². The van der Waals surface area contributed by atoms with Crippen LogP contribution in [-0.2, 0) is 10.0 Å². The van der Waals surface area contributed by atoms with Crippen LogP contribution < -0.4 is 0 Å². The molecule has 1 heterocycles. The Morgan fingerprint density at radius 1 is 1.00 bits per heavy atom. The summed E-state index contributed by atoms with van der Waals surface area (Å²) in [6, 6.07) is 18.4. The highest BCUT2D eigenvalue weighted by Gasteiger charge is 2.29. The van der Waals surface area contributed by atoms with Gasteiger partial charge in [-0.05, 0) is 42.5 Å². The molecule has 2 aromatic rings. The molecule has 0 aromatic heterocycles. The molecule has 0 atom stereocenters. The zero-order chi connectivity index (χ0) is 16.3. The van der Waals surface area contributed by atoms with Gasteiger partial charge in [0, 0.05) is 13.1 Å². The first-order valence-corrected chi connectivity index (χ1v) is 9.10. The third-order valence-corrected chi connectivity index (χ3v) is 6.22. The second-order valence-electron chi connectivity index (χ2n) is 5.73. The lowest BCUT2D eigenvalue weighted by molar-refractivity contribution is 0.319. The fourth-order valence-electron chi connectivity index (χ4n) is 3.03. The molecule has 0 amide bonds. The van der Waals surface area contributed by atoms with Gasteiger partial charge in [-0.25, -0.2) is 8.42 Å². The highest BCUT2D eigenvalue weighted by Crippen LogP contribution is 2.30. The first kappa shape index (κ1) is 15.7. The third kappa shape index (κ3) is 3.29. The molecule has 3 rings (SSSR count). The van der Waals surface area contributed by atoms with Crippen molar-refractivity contribution in [2.75, 3.05) is 13.1 Å². The molecule has 0 aliphatic carbocycles. The molecule has 0 unspecified atom stereocenters. The van der Waals surface area contributed by atoms with Crippen LogP contribution in [0.1, 0.15) is 29.9 Å². The van der Waals surface area contributed by atoms with E-state index in [0.717, 1.165) is 12.8 Å². The van der Waals surface area contributed by atoms with Crippen molar-refractivity contribution in [2.45, 2.75) is 23.7 Å². The van der Waals surface area contributed by atoms with E-state index in [2.05, 4.69) is 12.1 Å². The number of nitriles is 1. The van der Waals surface area contributed by atoms with Crippen molar-refractivity contribution >= 4 is 10.0 Å². The quantitative estimate of drug-likeness (QED) is 0.870. The lowest BCUT2D eigenvalue weighted by Crippen LogP contribution is -2.37. The van der Waals surface area contributed by atoms with Crippen molar-refractivity contribution in [3.05, 3.63) is 65.7 Å². The minimum atomic E-state index is -3.52. The lowest BCUT2D eigenvalue weighted by atomic mass is 9.90. The molecular formula is C18H18N2O2S. The highest BCUT2D eigenvalue weighted by molar-refractivity contribution is 7.89. The van der Waals surface area contributed by atoms with Crippen LogP contribution in [0.5, 0.6) is 0 Å². The standard InChI is InChI=1S/C18H18N2O2S/c19-14-15-5-4-8-18(13-15)23(21,22)20-11-9-17(10-12-20)16-6-2-1-3-7-16/h1-8,13,17H,9-12H2. The predicted octanol–water partition coefficient (Wildman–Crippen LogP) is 3.13. The predicted molar refractivity (Wildman–Crippen MR) is 88.3 cm³/mol. The van der Waals surface area contributed by atoms with Crippen molar-refractivity contribution in [3.8, 4) is 6.07 Å². The molecule has 0 radical (unpaired) electrons. The van der Waals surface area contributed by atoms with Crippen molar-refractivity contribution in [1.29, 1.82) is 5.26 Å². The molecule has 4 nitrogen and oxygen atoms in total. The zero-order valence-corrected chi connectivity index (χ0v) is 13.5. The van der Waals surface area contributed by atoms with Gasteiger partial charge in [-0.15, -0.1) is 0 Å². The number of benzene rings is 2. The summed E-state index contributed by atoms with van der Waals surface area (Å²) in [6.45, 7) is 1.03. The maximum atomic E-state index is 12.7. The Morgan fingerprint density at radius 3 is 2.35 bits per heavy atom. The summed E-state index contributed by atoms with van der Waals surface area (Å²) < 4.78 is 27.0. The van der Waals surface area contributed by atoms with Crippen LogP contribution in [0, 0.1) is 11.3 Å². The second-order valence-corrected chi connectivity index (χ2v) is 7.67. The van der Waals surface area contributed by atoms with Crippen LogP contribution in [0.2, 0.25) is 0 Å². The second kappa shape index (κ2) is 6.53. The van der Waals surface area contributed by atoms with Crippen molar-refractivity contribution in [1.82, 2.24) is 4.31 Å². The molecule has 118 valence electrons. The minimum absolute atomic E-state index is 0.203. The number of hydrogen-bond acceptors (Lipinski definition) is 3. The Balaban J connectivity index is 1.75. The fraction of sp³-hybridized carbons (Fsp3) is 0.278. The van der Waals surface area contributed by atoms with Gasteiger partial charge in [0.2, 0.25) is 10.0 Å². The molecule has 1 aliphatic heterocycles. The van der Waals surface area contributed by atoms with Gasteiger partial charge in [-0.2, -0.15) is 9.57 Å². The van der Waals surface area contributed by atoms with Gasteiger partial charge < -0.3 is 0 Å². The molecule has 0 saturated carbocycles. The Bertz CT molecular complexity index is 818. The summed E-state index contributed by atoms with van der Waals surface area (Å²) in [4.78, 5) is 0.203. The third-order valence-electron chi connectivity index (χ3n) is 4.33. The summed E-state index contributed by atoms with van der Waals surface area (Å²) >= 11 is 0. The number of sulfonamides is 1. The smallest absolute Gasteiger partial charge is 0.207 e. The van der Waals surface area contributed by atoms with E-state index in [1.165, 1.54) is 15.9 Å². The Labute approximate surface area is 137 Å². The normalized spacial score (nSPS) is 16.8. The minimum Gasteiger partial charge on any atom is -0.207 e. The number of piperidine rings is 1. The number of hydrogen-bond donors (Lipinski definition) is 0. The van der Waals surface area contributed by atoms with E-state index in [4.69, 9.17) is 5.26 Å². The maximum Gasteiger partial charge on any atom is 0.243 e. The first-order chi connectivity index (χ1) is 11.1. The molecule has 1 saturated heterocycles. The molecule has 5 heteroatoms. The summed E-state index contributed by atoms with van der Waals surface area (Å²) in [5.41, 5.74) is 1.64. The van der Waals surface area contributed by atoms with Crippen molar-refractivity contribution in [2.24, 2.45) is 0 Å². The van der Waals surface area contributed by atoms with Gasteiger partial charge >= 0.3 is 0 Å². The van der Waals surface area contributed by atoms with Crippen LogP contribution in [-0.4, -0.2) is 25.8 Å². The van der Waals surface area contributed by atoms with E-state index < -0.39 is 10.0 Å². The van der Waals surface area contributed by atoms with Crippen LogP contribution in [0.25, 0.3) is 0 Å². The van der Waals surface area contributed by atoms with E-state index in [9.17, 15) is 8.42 Å². The van der Waals surface area contributed by atoms with Gasteiger partial charge in [-0.3, -0.25) is 0 Å². The summed E-state index contributed by atoms with van der Waals surface area (Å²) in [5, 5.41) is 8.94. The summed E-state index contributed by atoms with van der Waals surface area (Å²) in [7, 11) is -3.52. The molecular weight excluding hydrogens is 308 g/mol. The average molecular weight is 326 g/mol. The van der Waals surface area contributed by atoms with E-state index in [1.807, 2.05) is 24.3 Å². The van der Waals surface area contributed by atoms with Crippen LogP contribution in [0.15, 0.2) is 59.5 Å². The number of nitrogens with zero attached hydrogens (tertiary/aromatic N) is 2. The van der Waals surface area contributed by atoms with E-state index >= 15 is 0 Å². The molecule has 0 N–H and O–H groups in total. The van der Waals surface area contributed by atoms with Gasteiger partial charge in [0.25, 0.3) is 0 Å². The Morgan fingerprint density at radius 2 is 1.70 bits per heavy atom. The lowest BCUT2D eigenvalue weighted by Gasteiger charge is -2.31. The largest absolute Gasteiger partial charge is 0.243 e. The Kier molecular flexibility index (Phi) is 4.46. The zero-order valence-electron chi connectivity index (χ0n) is 12.7. The SMILES string of the molecule is N#Cc1cccc(S(=O)(=O)N2CCC(c3ccccc3)CC2)c1. The summed E-state index contributed by atoms with van der Waals surface area (Å²) in [6.07, 6.45) is 1.64. The molecule has 0 bridgehead atoms. The van der Waals surface area contributed by atoms with E-state index in [0.29, 0.717) is 24.6 Å². The molecule has 23 heavy (non-hydrogen) atoms. The van der Waals surface area contributed by atoms with Crippen molar-refractivity contribution < 1.29 is 8.42 Å². The van der Waals surface area contributed by atoms with Gasteiger partial charge in [0.15, 0.2) is 0 Å². The first-order valence-electron chi connectivity index (χ1n) is 7.66. The fourth-order valence-corrected chi connectivity index (χ4v) is 4.55. The molecule has 2 aromatic carbocycles. The summed E-state index contributed by atoms with van der Waals surface area (Å²) in [5.74, 6) is 0.410. The van der Waals surface area contributed by atoms with E-state index in [-0.39, 0.29) is 4.90 Å². The van der Waals surface area contributed by atoms with Crippen LogP contribution in [0.3, 0.4) is 0 Å². The number of rotatable bonds is 3. The Hall–Kier alpha value is -2.16. The topological polar surface area (TPSA) is 61.2 Å². The molecule has 1 aliphatic rings. The van der Waals surface area contributed by atoms with Gasteiger partial charge in [-0.1, -0.05) is 36.4 Å². The highest BCUT2D eigenvalue weighted by atomic mass is 32.2. The van der Waals surface area contributed by atoms with Gasteiger partial charge in [0.1, 0.15) is 0 Å². The van der Waals surface area contributed by atoms with Crippen LogP contribution in [0.4, 0.5) is 0 Å². The van der Waals surface area contributed by atoms with Crippen molar-refractivity contribution in [3.63, 3.8) is 0 Å². The maximum absolute atomic E-state index is 12.7. The molecule has 0 spiro atoms. The van der Waals surface area contributed by atoms with E-state index in [1.54, 1.807) is 18.2 Å². The average Bonchev–Trinajstić information content (AvgIpc) is 2.62. The van der Waals surface area contributed by atoms with Crippen LogP contribution >= 0.6 is 0 Å². The monoisotopic (exact) mass is 326 g/mol. The molecule has 1 fully saturated rings.